The number of amides is 1. The molecule has 1 unspecified atom stereocenters. The van der Waals surface area contributed by atoms with Crippen molar-refractivity contribution in [3.05, 3.63) is 34.9 Å². The summed E-state index contributed by atoms with van der Waals surface area (Å²) in [5, 5.41) is 3.54. The molecule has 1 aromatic rings. The predicted octanol–water partition coefficient (Wildman–Crippen LogP) is 2.27. The van der Waals surface area contributed by atoms with Crippen LogP contribution in [0.1, 0.15) is 31.4 Å². The quantitative estimate of drug-likeness (QED) is 0.755. The van der Waals surface area contributed by atoms with Gasteiger partial charge >= 0.3 is 0 Å². The molecule has 0 aliphatic rings. The molecule has 0 spiro atoms. The molecule has 0 aliphatic carbocycles. The summed E-state index contributed by atoms with van der Waals surface area (Å²) in [5.74, 6) is -0.149. The minimum Gasteiger partial charge on any atom is -0.385 e. The van der Waals surface area contributed by atoms with Gasteiger partial charge in [0.25, 0.3) is 0 Å². The van der Waals surface area contributed by atoms with Crippen LogP contribution in [0.5, 0.6) is 0 Å². The predicted molar refractivity (Wildman–Crippen MR) is 77.1 cm³/mol. The summed E-state index contributed by atoms with van der Waals surface area (Å²) in [7, 11) is 1.63. The summed E-state index contributed by atoms with van der Waals surface area (Å²) in [6.45, 7) is 2.52. The molecule has 0 bridgehead atoms. The van der Waals surface area contributed by atoms with Crippen molar-refractivity contribution in [2.75, 3.05) is 13.7 Å². The first-order valence-corrected chi connectivity index (χ1v) is 6.72. The van der Waals surface area contributed by atoms with Crippen molar-refractivity contribution in [3.8, 4) is 0 Å². The third kappa shape index (κ3) is 5.59. The van der Waals surface area contributed by atoms with Crippen LogP contribution in [-0.2, 0) is 9.53 Å². The second kappa shape index (κ2) is 8.15. The molecule has 1 amide bonds. The van der Waals surface area contributed by atoms with E-state index in [9.17, 15) is 4.79 Å². The van der Waals surface area contributed by atoms with Gasteiger partial charge in [0.1, 0.15) is 0 Å². The molecule has 1 rings (SSSR count). The summed E-state index contributed by atoms with van der Waals surface area (Å²) in [6, 6.07) is 6.81. The van der Waals surface area contributed by atoms with Gasteiger partial charge in [0.15, 0.2) is 0 Å². The zero-order chi connectivity index (χ0) is 14.3. The Balaban J connectivity index is 2.47. The number of nitrogens with one attached hydrogen (secondary N) is 1. The molecule has 0 fully saturated rings. The Bertz CT molecular complexity index is 412. The first-order chi connectivity index (χ1) is 9.04. The zero-order valence-electron chi connectivity index (χ0n) is 11.4. The van der Waals surface area contributed by atoms with Crippen LogP contribution in [0, 0.1) is 0 Å². The molecular weight excluding hydrogens is 264 g/mol. The van der Waals surface area contributed by atoms with Gasteiger partial charge in [-0.3, -0.25) is 4.79 Å². The molecule has 4 nitrogen and oxygen atoms in total. The smallest absolute Gasteiger partial charge is 0.237 e. The van der Waals surface area contributed by atoms with Crippen molar-refractivity contribution in [2.45, 2.75) is 31.8 Å². The molecule has 0 saturated heterocycles. The number of carbonyl (C=O) groups excluding carboxylic acids is 1. The third-order valence-electron chi connectivity index (χ3n) is 2.91. The summed E-state index contributed by atoms with van der Waals surface area (Å²) >= 11 is 5.92. The Morgan fingerprint density at radius 3 is 2.89 bits per heavy atom. The van der Waals surface area contributed by atoms with E-state index in [4.69, 9.17) is 22.1 Å². The highest BCUT2D eigenvalue weighted by Gasteiger charge is 2.16. The molecule has 19 heavy (non-hydrogen) atoms. The average Bonchev–Trinajstić information content (AvgIpc) is 2.38. The maximum atomic E-state index is 11.9. The molecule has 0 radical (unpaired) electrons. The molecule has 0 heterocycles. The number of rotatable bonds is 7. The molecule has 2 atom stereocenters. The van der Waals surface area contributed by atoms with Gasteiger partial charge in [-0.15, -0.1) is 0 Å². The molecule has 3 N–H and O–H groups in total. The summed E-state index contributed by atoms with van der Waals surface area (Å²) < 4.78 is 4.93. The number of hydrogen-bond acceptors (Lipinski definition) is 3. The van der Waals surface area contributed by atoms with Crippen LogP contribution in [0.2, 0.25) is 5.02 Å². The van der Waals surface area contributed by atoms with E-state index in [1.807, 2.05) is 25.1 Å². The lowest BCUT2D eigenvalue weighted by atomic mass is 10.1. The van der Waals surface area contributed by atoms with Gasteiger partial charge in [-0.25, -0.2) is 0 Å². The van der Waals surface area contributed by atoms with E-state index >= 15 is 0 Å². The second-order valence-corrected chi connectivity index (χ2v) is 4.96. The highest BCUT2D eigenvalue weighted by atomic mass is 35.5. The van der Waals surface area contributed by atoms with E-state index in [1.165, 1.54) is 0 Å². The summed E-state index contributed by atoms with van der Waals surface area (Å²) in [6.07, 6.45) is 1.39. The van der Waals surface area contributed by atoms with E-state index in [2.05, 4.69) is 5.32 Å². The van der Waals surface area contributed by atoms with Crippen molar-refractivity contribution in [1.82, 2.24) is 5.32 Å². The van der Waals surface area contributed by atoms with Gasteiger partial charge in [0, 0.05) is 18.7 Å². The second-order valence-electron chi connectivity index (χ2n) is 4.53. The van der Waals surface area contributed by atoms with Crippen LogP contribution >= 0.6 is 11.6 Å². The van der Waals surface area contributed by atoms with Crippen LogP contribution < -0.4 is 11.1 Å². The molecule has 106 valence electrons. The number of hydrogen-bond donors (Lipinski definition) is 2. The maximum absolute atomic E-state index is 11.9. The molecular formula is C14H21ClN2O2. The van der Waals surface area contributed by atoms with Gasteiger partial charge < -0.3 is 15.8 Å². The Kier molecular flexibility index (Phi) is 6.84. The van der Waals surface area contributed by atoms with Crippen LogP contribution in [-0.4, -0.2) is 25.7 Å². The molecule has 0 saturated carbocycles. The van der Waals surface area contributed by atoms with E-state index < -0.39 is 6.04 Å². The Morgan fingerprint density at radius 2 is 2.26 bits per heavy atom. The lowest BCUT2D eigenvalue weighted by Gasteiger charge is -2.18. The van der Waals surface area contributed by atoms with Crippen molar-refractivity contribution in [2.24, 2.45) is 5.73 Å². The first kappa shape index (κ1) is 16.0. The van der Waals surface area contributed by atoms with Crippen LogP contribution in [0.3, 0.4) is 0 Å². The Hall–Kier alpha value is -1.10. The fourth-order valence-corrected chi connectivity index (χ4v) is 1.96. The summed E-state index contributed by atoms with van der Waals surface area (Å²) in [5.41, 5.74) is 6.78. The average molecular weight is 285 g/mol. The van der Waals surface area contributed by atoms with Crippen LogP contribution in [0.15, 0.2) is 24.3 Å². The fraction of sp³-hybridized carbons (Fsp3) is 0.500. The fourth-order valence-electron chi connectivity index (χ4n) is 1.76. The maximum Gasteiger partial charge on any atom is 0.237 e. The highest BCUT2D eigenvalue weighted by Crippen LogP contribution is 2.17. The third-order valence-corrected chi connectivity index (χ3v) is 3.14. The van der Waals surface area contributed by atoms with E-state index in [0.717, 1.165) is 12.0 Å². The van der Waals surface area contributed by atoms with Gasteiger partial charge in [-0.2, -0.15) is 0 Å². The number of ether oxygens (including phenoxy) is 1. The van der Waals surface area contributed by atoms with Crippen molar-refractivity contribution in [3.63, 3.8) is 0 Å². The van der Waals surface area contributed by atoms with Crippen molar-refractivity contribution in [1.29, 1.82) is 0 Å². The highest BCUT2D eigenvalue weighted by molar-refractivity contribution is 6.30. The SMILES string of the molecule is COCCCC(N)C(=O)N[C@@H](C)c1cccc(Cl)c1. The van der Waals surface area contributed by atoms with E-state index in [-0.39, 0.29) is 11.9 Å². The Morgan fingerprint density at radius 1 is 1.53 bits per heavy atom. The number of halogens is 1. The number of benzene rings is 1. The minimum absolute atomic E-state index is 0.111. The monoisotopic (exact) mass is 284 g/mol. The lowest BCUT2D eigenvalue weighted by Crippen LogP contribution is -2.41. The lowest BCUT2D eigenvalue weighted by molar-refractivity contribution is -0.123. The van der Waals surface area contributed by atoms with Crippen molar-refractivity contribution < 1.29 is 9.53 Å². The number of nitrogens with two attached hydrogens (primary N) is 1. The minimum atomic E-state index is -0.503. The standard InChI is InChI=1S/C14H21ClN2O2/c1-10(11-5-3-6-12(15)9-11)17-14(18)13(16)7-4-8-19-2/h3,5-6,9-10,13H,4,7-8,16H2,1-2H3,(H,17,18)/t10-,13?/m0/s1. The van der Waals surface area contributed by atoms with Gasteiger partial charge in [0.2, 0.25) is 5.91 Å². The van der Waals surface area contributed by atoms with Gasteiger partial charge in [-0.05, 0) is 37.5 Å². The molecule has 1 aromatic carbocycles. The summed E-state index contributed by atoms with van der Waals surface area (Å²) in [4.78, 5) is 11.9. The van der Waals surface area contributed by atoms with Gasteiger partial charge in [0.05, 0.1) is 12.1 Å². The number of methoxy groups -OCH3 is 1. The van der Waals surface area contributed by atoms with Gasteiger partial charge in [-0.1, -0.05) is 23.7 Å². The number of carbonyl (C=O) groups is 1. The Labute approximate surface area is 119 Å². The molecule has 5 heteroatoms. The normalized spacial score (nSPS) is 13.9. The van der Waals surface area contributed by atoms with Crippen LogP contribution in [0.4, 0.5) is 0 Å². The van der Waals surface area contributed by atoms with E-state index in [0.29, 0.717) is 18.1 Å². The largest absolute Gasteiger partial charge is 0.385 e. The van der Waals surface area contributed by atoms with Crippen molar-refractivity contribution >= 4 is 17.5 Å². The molecule has 0 aromatic heterocycles. The first-order valence-electron chi connectivity index (χ1n) is 6.35. The molecule has 0 aliphatic heterocycles. The zero-order valence-corrected chi connectivity index (χ0v) is 12.1. The topological polar surface area (TPSA) is 64.3 Å². The van der Waals surface area contributed by atoms with Crippen LogP contribution in [0.25, 0.3) is 0 Å². The van der Waals surface area contributed by atoms with E-state index in [1.54, 1.807) is 13.2 Å².